The molecule has 0 radical (unpaired) electrons. The molecule has 0 aromatic carbocycles. The van der Waals surface area contributed by atoms with Crippen molar-refractivity contribution in [3.05, 3.63) is 34.1 Å². The maximum absolute atomic E-state index is 6.31. The number of aromatic nitrogens is 4. The Morgan fingerprint density at radius 3 is 2.60 bits per heavy atom. The lowest BCUT2D eigenvalue weighted by Crippen LogP contribution is -2.23. The summed E-state index contributed by atoms with van der Waals surface area (Å²) < 4.78 is 3.90. The quantitative estimate of drug-likeness (QED) is 0.921. The predicted octanol–water partition coefficient (Wildman–Crippen LogP) is 2.43. The number of aryl methyl sites for hydroxylation is 3. The first kappa shape index (κ1) is 15.1. The van der Waals surface area contributed by atoms with Crippen LogP contribution in [0.1, 0.15) is 36.6 Å². The van der Waals surface area contributed by atoms with E-state index in [2.05, 4.69) is 33.8 Å². The molecule has 0 aliphatic heterocycles. The highest BCUT2D eigenvalue weighted by molar-refractivity contribution is 6.30. The molecule has 5 nitrogen and oxygen atoms in total. The molecular formula is C14H22ClN5. The summed E-state index contributed by atoms with van der Waals surface area (Å²) in [5.41, 5.74) is 3.19. The number of halogens is 1. The third-order valence-corrected chi connectivity index (χ3v) is 3.89. The van der Waals surface area contributed by atoms with Gasteiger partial charge in [0.2, 0.25) is 0 Å². The van der Waals surface area contributed by atoms with Gasteiger partial charge in [0.25, 0.3) is 0 Å². The highest BCUT2D eigenvalue weighted by Crippen LogP contribution is 2.21. The molecule has 2 aromatic rings. The maximum Gasteiger partial charge on any atom is 0.131 e. The van der Waals surface area contributed by atoms with Crippen LogP contribution in [-0.2, 0) is 20.1 Å². The summed E-state index contributed by atoms with van der Waals surface area (Å²) >= 11 is 6.31. The van der Waals surface area contributed by atoms with Crippen LogP contribution < -0.4 is 5.32 Å². The lowest BCUT2D eigenvalue weighted by atomic mass is 10.2. The van der Waals surface area contributed by atoms with Crippen molar-refractivity contribution in [2.75, 3.05) is 0 Å². The molecule has 2 rings (SSSR count). The molecule has 0 bridgehead atoms. The number of rotatable bonds is 5. The van der Waals surface area contributed by atoms with E-state index in [4.69, 9.17) is 11.6 Å². The second-order valence-corrected chi connectivity index (χ2v) is 5.75. The van der Waals surface area contributed by atoms with Crippen LogP contribution in [0.25, 0.3) is 0 Å². The van der Waals surface area contributed by atoms with E-state index in [9.17, 15) is 0 Å². The fourth-order valence-electron chi connectivity index (χ4n) is 2.19. The summed E-state index contributed by atoms with van der Waals surface area (Å²) in [6.07, 6.45) is 1.92. The zero-order chi connectivity index (χ0) is 14.9. The lowest BCUT2D eigenvalue weighted by Gasteiger charge is -2.12. The van der Waals surface area contributed by atoms with Crippen LogP contribution >= 0.6 is 11.6 Å². The van der Waals surface area contributed by atoms with Crippen molar-refractivity contribution in [1.82, 2.24) is 24.6 Å². The molecule has 2 aromatic heterocycles. The lowest BCUT2D eigenvalue weighted by molar-refractivity contribution is 0.561. The zero-order valence-corrected chi connectivity index (χ0v) is 13.5. The molecular weight excluding hydrogens is 274 g/mol. The van der Waals surface area contributed by atoms with Crippen molar-refractivity contribution in [2.45, 2.75) is 46.8 Å². The Kier molecular flexibility index (Phi) is 4.50. The van der Waals surface area contributed by atoms with Gasteiger partial charge in [-0.3, -0.25) is 4.68 Å². The van der Waals surface area contributed by atoms with Crippen molar-refractivity contribution in [2.24, 2.45) is 7.05 Å². The van der Waals surface area contributed by atoms with Gasteiger partial charge in [-0.15, -0.1) is 0 Å². The van der Waals surface area contributed by atoms with Crippen molar-refractivity contribution in [3.63, 3.8) is 0 Å². The smallest absolute Gasteiger partial charge is 0.131 e. The van der Waals surface area contributed by atoms with Crippen molar-refractivity contribution in [3.8, 4) is 0 Å². The topological polar surface area (TPSA) is 47.7 Å². The molecule has 0 unspecified atom stereocenters. The first-order valence-corrected chi connectivity index (χ1v) is 7.20. The Morgan fingerprint density at radius 1 is 1.35 bits per heavy atom. The molecule has 110 valence electrons. The number of nitrogens with one attached hydrogen (secondary N) is 1. The molecule has 0 saturated carbocycles. The molecule has 0 aliphatic carbocycles. The van der Waals surface area contributed by atoms with Gasteiger partial charge in [-0.05, 0) is 13.8 Å². The summed E-state index contributed by atoms with van der Waals surface area (Å²) in [7, 11) is 1.86. The van der Waals surface area contributed by atoms with Crippen molar-refractivity contribution in [1.29, 1.82) is 0 Å². The summed E-state index contributed by atoms with van der Waals surface area (Å²) in [4.78, 5) is 4.41. The minimum atomic E-state index is 0.447. The van der Waals surface area contributed by atoms with Crippen LogP contribution in [-0.4, -0.2) is 25.4 Å². The molecule has 1 N–H and O–H groups in total. The van der Waals surface area contributed by atoms with Gasteiger partial charge in [-0.2, -0.15) is 5.10 Å². The Hall–Kier alpha value is -1.33. The minimum Gasteiger partial charge on any atom is -0.326 e. The van der Waals surface area contributed by atoms with E-state index in [1.165, 1.54) is 0 Å². The average molecular weight is 296 g/mol. The third kappa shape index (κ3) is 3.04. The van der Waals surface area contributed by atoms with Crippen LogP contribution in [0, 0.1) is 13.8 Å². The second kappa shape index (κ2) is 5.97. The van der Waals surface area contributed by atoms with Gasteiger partial charge in [0.15, 0.2) is 0 Å². The highest BCUT2D eigenvalue weighted by atomic mass is 35.5. The molecule has 0 spiro atoms. The normalized spacial score (nSPS) is 11.6. The van der Waals surface area contributed by atoms with Crippen LogP contribution in [0.4, 0.5) is 0 Å². The monoisotopic (exact) mass is 295 g/mol. The van der Waals surface area contributed by atoms with Crippen molar-refractivity contribution >= 4 is 11.6 Å². The largest absolute Gasteiger partial charge is 0.326 e. The molecule has 2 heterocycles. The van der Waals surface area contributed by atoms with Crippen LogP contribution in [0.2, 0.25) is 5.15 Å². The molecule has 0 amide bonds. The van der Waals surface area contributed by atoms with Gasteiger partial charge < -0.3 is 9.88 Å². The van der Waals surface area contributed by atoms with Crippen LogP contribution in [0.3, 0.4) is 0 Å². The van der Waals surface area contributed by atoms with Gasteiger partial charge in [0.05, 0.1) is 17.9 Å². The van der Waals surface area contributed by atoms with E-state index >= 15 is 0 Å². The molecule has 0 fully saturated rings. The van der Waals surface area contributed by atoms with Gasteiger partial charge >= 0.3 is 0 Å². The summed E-state index contributed by atoms with van der Waals surface area (Å²) in [5.74, 6) is 0.991. The Morgan fingerprint density at radius 2 is 2.05 bits per heavy atom. The summed E-state index contributed by atoms with van der Waals surface area (Å²) in [6, 6.07) is 0.447. The first-order chi connectivity index (χ1) is 9.40. The Bertz CT molecular complexity index is 597. The number of nitrogens with zero attached hydrogens (tertiary/aromatic N) is 4. The second-order valence-electron chi connectivity index (χ2n) is 5.40. The fourth-order valence-corrected chi connectivity index (χ4v) is 2.43. The fraction of sp³-hybridized carbons (Fsp3) is 0.571. The van der Waals surface area contributed by atoms with Crippen LogP contribution in [0.15, 0.2) is 6.20 Å². The van der Waals surface area contributed by atoms with E-state index in [1.807, 2.05) is 27.1 Å². The maximum atomic E-state index is 6.31. The number of hydrogen-bond acceptors (Lipinski definition) is 3. The summed E-state index contributed by atoms with van der Waals surface area (Å²) in [6.45, 7) is 9.78. The highest BCUT2D eigenvalue weighted by Gasteiger charge is 2.15. The molecule has 0 aliphatic rings. The zero-order valence-electron chi connectivity index (χ0n) is 12.7. The van der Waals surface area contributed by atoms with Gasteiger partial charge in [-0.1, -0.05) is 25.4 Å². The van der Waals surface area contributed by atoms with Crippen LogP contribution in [0.5, 0.6) is 0 Å². The number of hydrogen-bond donors (Lipinski definition) is 1. The van der Waals surface area contributed by atoms with E-state index < -0.39 is 0 Å². The first-order valence-electron chi connectivity index (χ1n) is 6.82. The Labute approximate surface area is 125 Å². The standard InChI is InChI=1S/C14H22ClN5/c1-9(2)16-6-12-7-17-11(4)20(12)8-13-10(3)18-19(5)14(13)15/h7,9,16H,6,8H2,1-5H3. The minimum absolute atomic E-state index is 0.447. The van der Waals surface area contributed by atoms with Gasteiger partial charge in [0.1, 0.15) is 11.0 Å². The molecule has 0 saturated heterocycles. The van der Waals surface area contributed by atoms with E-state index in [0.717, 1.165) is 29.3 Å². The number of imidazole rings is 1. The van der Waals surface area contributed by atoms with Gasteiger partial charge in [-0.25, -0.2) is 4.98 Å². The van der Waals surface area contributed by atoms with E-state index in [-0.39, 0.29) is 0 Å². The Balaban J connectivity index is 2.26. The van der Waals surface area contributed by atoms with E-state index in [1.54, 1.807) is 4.68 Å². The molecule has 20 heavy (non-hydrogen) atoms. The predicted molar refractivity (Wildman–Crippen MR) is 81.0 cm³/mol. The molecule has 0 atom stereocenters. The van der Waals surface area contributed by atoms with Gasteiger partial charge in [0, 0.05) is 31.4 Å². The van der Waals surface area contributed by atoms with Crippen molar-refractivity contribution < 1.29 is 0 Å². The average Bonchev–Trinajstić information content (AvgIpc) is 2.83. The third-order valence-electron chi connectivity index (χ3n) is 3.42. The summed E-state index contributed by atoms with van der Waals surface area (Å²) in [5, 5.41) is 8.47. The SMILES string of the molecule is Cc1nn(C)c(Cl)c1Cn1c(CNC(C)C)cnc1C. The molecule has 6 heteroatoms. The van der Waals surface area contributed by atoms with E-state index in [0.29, 0.717) is 17.7 Å².